The molecule has 1 atom stereocenters. The number of allylic oxidation sites excluding steroid dienone is 4. The molecule has 0 fully saturated rings. The van der Waals surface area contributed by atoms with E-state index in [0.29, 0.717) is 17.3 Å². The van der Waals surface area contributed by atoms with Crippen molar-refractivity contribution in [2.75, 3.05) is 0 Å². The second-order valence-corrected chi connectivity index (χ2v) is 18.3. The lowest BCUT2D eigenvalue weighted by Crippen LogP contribution is -2.28. The standard InChI is InChI=1S/C21H38O.C21H4.C14H26O.C14H2.C7H14O/c1-5-8-11-13-18-16-21(4,15-12-9-6-2)17-20(22)19(18)14-10-7-3;1-3-5-7-9-11-13-15-17-19-21-20-18-16-14-12-10-8-6-4-2;1-4-6-8-10-13(3)12-14(15)11-9-7-5-2;1-3-5-7-9-11-13-14-12-10-8-6-4-2;1-3-4-5-6-7(2)8/h5-17H2,1-4H3;1H,2H3;12H,4-11H2,1-3H3;1-2H;3-6H2,1-2H3/b;;13-12+;;. The van der Waals surface area contributed by atoms with E-state index >= 15 is 0 Å². The van der Waals surface area contributed by atoms with E-state index < -0.39 is 0 Å². The second kappa shape index (κ2) is 64.3. The van der Waals surface area contributed by atoms with Gasteiger partial charge in [-0.25, -0.2) is 0 Å². The van der Waals surface area contributed by atoms with Crippen molar-refractivity contribution in [2.45, 2.75) is 230 Å². The predicted molar refractivity (Wildman–Crippen MR) is 340 cm³/mol. The van der Waals surface area contributed by atoms with Crippen molar-refractivity contribution >= 4 is 17.3 Å². The van der Waals surface area contributed by atoms with E-state index in [4.69, 9.17) is 19.3 Å². The predicted octanol–water partition coefficient (Wildman–Crippen LogP) is 14.8. The number of hydrogen-bond acceptors (Lipinski definition) is 3. The van der Waals surface area contributed by atoms with Crippen molar-refractivity contribution in [3.8, 4) is 203 Å². The summed E-state index contributed by atoms with van der Waals surface area (Å²) in [6, 6.07) is 0. The van der Waals surface area contributed by atoms with E-state index in [1.165, 1.54) is 132 Å². The third kappa shape index (κ3) is 61.6. The summed E-state index contributed by atoms with van der Waals surface area (Å²) >= 11 is 0. The first-order valence-electron chi connectivity index (χ1n) is 28.1. The molecular weight excluding hydrogens is 973 g/mol. The van der Waals surface area contributed by atoms with E-state index in [1.807, 2.05) is 6.08 Å². The fourth-order valence-corrected chi connectivity index (χ4v) is 6.99. The van der Waals surface area contributed by atoms with Crippen molar-refractivity contribution in [3.63, 3.8) is 0 Å². The van der Waals surface area contributed by atoms with Crippen LogP contribution in [0.1, 0.15) is 230 Å². The van der Waals surface area contributed by atoms with Gasteiger partial charge in [-0.15, -0.1) is 19.3 Å². The molecule has 0 saturated heterocycles. The number of unbranched alkanes of at least 4 members (excludes halogenated alkanes) is 11. The lowest BCUT2D eigenvalue weighted by molar-refractivity contribution is -0.119. The average molecular weight is 1060 g/mol. The molecule has 3 nitrogen and oxygen atoms in total. The Labute approximate surface area is 490 Å². The summed E-state index contributed by atoms with van der Waals surface area (Å²) in [6.07, 6.45) is 45.1. The van der Waals surface area contributed by atoms with Crippen molar-refractivity contribution in [2.24, 2.45) is 5.41 Å². The van der Waals surface area contributed by atoms with E-state index in [0.717, 1.165) is 44.9 Å². The molecule has 0 radical (unpaired) electrons. The van der Waals surface area contributed by atoms with Crippen LogP contribution in [-0.4, -0.2) is 17.3 Å². The molecule has 0 spiro atoms. The Morgan fingerprint density at radius 2 is 0.762 bits per heavy atom. The van der Waals surface area contributed by atoms with Gasteiger partial charge in [-0.1, -0.05) is 143 Å². The van der Waals surface area contributed by atoms with Crippen molar-refractivity contribution in [1.29, 1.82) is 0 Å². The van der Waals surface area contributed by atoms with Gasteiger partial charge in [0.2, 0.25) is 0 Å². The van der Waals surface area contributed by atoms with Gasteiger partial charge in [0.15, 0.2) is 11.6 Å². The van der Waals surface area contributed by atoms with Crippen LogP contribution < -0.4 is 0 Å². The molecule has 0 bridgehead atoms. The van der Waals surface area contributed by atoms with E-state index in [2.05, 4.69) is 239 Å². The summed E-state index contributed by atoms with van der Waals surface area (Å²) in [6.45, 7) is 21.0. The van der Waals surface area contributed by atoms with Crippen molar-refractivity contribution < 1.29 is 14.4 Å². The fraction of sp³-hybridized carbons (Fsp3) is 0.468. The van der Waals surface area contributed by atoms with Crippen LogP contribution in [0.25, 0.3) is 0 Å². The van der Waals surface area contributed by atoms with E-state index in [9.17, 15) is 14.4 Å². The zero-order valence-electron chi connectivity index (χ0n) is 50.2. The molecule has 410 valence electrons. The van der Waals surface area contributed by atoms with E-state index in [1.54, 1.807) is 13.8 Å². The zero-order chi connectivity index (χ0) is 60.3. The Hall–Kier alpha value is -8.99. The minimum absolute atomic E-state index is 0.240. The van der Waals surface area contributed by atoms with Gasteiger partial charge >= 0.3 is 0 Å². The summed E-state index contributed by atoms with van der Waals surface area (Å²) in [4.78, 5) is 34.5. The van der Waals surface area contributed by atoms with Crippen molar-refractivity contribution in [1.82, 2.24) is 0 Å². The number of rotatable bonds is 24. The van der Waals surface area contributed by atoms with Crippen LogP contribution in [0.3, 0.4) is 0 Å². The van der Waals surface area contributed by atoms with Crippen LogP contribution in [0.15, 0.2) is 22.8 Å². The molecule has 0 amide bonds. The average Bonchev–Trinajstić information content (AvgIpc) is 3.43. The molecule has 1 unspecified atom stereocenters. The summed E-state index contributed by atoms with van der Waals surface area (Å²) in [5.41, 5.74) is 4.25. The molecule has 3 heteroatoms. The Bertz CT molecular complexity index is 2990. The first kappa shape index (κ1) is 77.5. The fourth-order valence-electron chi connectivity index (χ4n) is 6.99. The number of carbonyl (C=O) groups is 3. The molecule has 0 aliphatic heterocycles. The lowest BCUT2D eigenvalue weighted by Gasteiger charge is -2.36. The molecule has 0 saturated carbocycles. The summed E-state index contributed by atoms with van der Waals surface area (Å²) in [5, 5.41) is 0. The quantitative estimate of drug-likeness (QED) is 0.0550. The van der Waals surface area contributed by atoms with Gasteiger partial charge in [-0.05, 0) is 268 Å². The Balaban J connectivity index is -0.000000467. The SMILES string of the molecule is C#CC#CC#CC#CC#CC#CC#C.C#CC#CC#CC#CC#CC#CC#CC#CC#CC#CC.CCCCCC(=O)/C=C(\C)CCCCC.CCCCCC(C)=O.CCCCCC1=C(CCCC)C(=O)CC(C)(CCCCC)C1. The lowest BCUT2D eigenvalue weighted by atomic mass is 9.68. The summed E-state index contributed by atoms with van der Waals surface area (Å²) in [5.74, 6) is 76.3. The number of hydrogen-bond donors (Lipinski definition) is 0. The Kier molecular flexibility index (Phi) is 62.3. The maximum atomic E-state index is 12.7. The molecule has 0 heterocycles. The minimum atomic E-state index is 0.240. The van der Waals surface area contributed by atoms with Gasteiger partial charge in [0, 0.05) is 31.1 Å². The van der Waals surface area contributed by atoms with Gasteiger partial charge in [0.25, 0.3) is 0 Å². The maximum Gasteiger partial charge on any atom is 0.159 e. The highest BCUT2D eigenvalue weighted by molar-refractivity contribution is 5.97. The van der Waals surface area contributed by atoms with Gasteiger partial charge < -0.3 is 4.79 Å². The Morgan fingerprint density at radius 3 is 1.12 bits per heavy atom. The van der Waals surface area contributed by atoms with Crippen LogP contribution in [0, 0.1) is 208 Å². The molecule has 1 aliphatic rings. The highest BCUT2D eigenvalue weighted by atomic mass is 16.1. The normalized spacial score (nSPS) is 10.9. The van der Waals surface area contributed by atoms with Gasteiger partial charge in [-0.2, -0.15) is 0 Å². The van der Waals surface area contributed by atoms with Gasteiger partial charge in [-0.3, -0.25) is 9.59 Å². The van der Waals surface area contributed by atoms with Crippen molar-refractivity contribution in [3.05, 3.63) is 22.8 Å². The van der Waals surface area contributed by atoms with Gasteiger partial charge in [0.1, 0.15) is 5.78 Å². The summed E-state index contributed by atoms with van der Waals surface area (Å²) in [7, 11) is 0. The maximum absolute atomic E-state index is 12.7. The number of Topliss-reactive ketones (excluding diaryl/α,β-unsaturated/α-hetero) is 2. The number of terminal acetylenes is 3. The van der Waals surface area contributed by atoms with E-state index in [-0.39, 0.29) is 5.41 Å². The van der Waals surface area contributed by atoms with Gasteiger partial charge in [0.05, 0.1) is 0 Å². The topological polar surface area (TPSA) is 51.2 Å². The molecule has 0 aromatic heterocycles. The largest absolute Gasteiger partial charge is 0.300 e. The molecule has 80 heavy (non-hydrogen) atoms. The molecule has 0 N–H and O–H groups in total. The molecule has 1 rings (SSSR count). The monoisotopic (exact) mass is 1060 g/mol. The second-order valence-electron chi connectivity index (χ2n) is 18.3. The first-order valence-corrected chi connectivity index (χ1v) is 28.1. The number of ketones is 3. The van der Waals surface area contributed by atoms with Crippen LogP contribution in [0.2, 0.25) is 0 Å². The summed E-state index contributed by atoms with van der Waals surface area (Å²) < 4.78 is 0. The highest BCUT2D eigenvalue weighted by Gasteiger charge is 2.35. The zero-order valence-corrected chi connectivity index (χ0v) is 50.2. The van der Waals surface area contributed by atoms with Crippen LogP contribution in [0.4, 0.5) is 0 Å². The Morgan fingerprint density at radius 1 is 0.425 bits per heavy atom. The molecule has 0 aromatic carbocycles. The molecule has 1 aliphatic carbocycles. The smallest absolute Gasteiger partial charge is 0.159 e. The molecular formula is C77H84O3. The van der Waals surface area contributed by atoms with Crippen LogP contribution >= 0.6 is 0 Å². The van der Waals surface area contributed by atoms with Crippen LogP contribution in [0.5, 0.6) is 0 Å². The first-order chi connectivity index (χ1) is 38.9. The van der Waals surface area contributed by atoms with Crippen LogP contribution in [-0.2, 0) is 14.4 Å². The minimum Gasteiger partial charge on any atom is -0.300 e. The highest BCUT2D eigenvalue weighted by Crippen LogP contribution is 2.44. The number of carbonyl (C=O) groups excluding carboxylic acids is 3. The molecule has 0 aromatic rings. The third-order valence-electron chi connectivity index (χ3n) is 10.9. The third-order valence-corrected chi connectivity index (χ3v) is 10.9.